The first-order valence-corrected chi connectivity index (χ1v) is 7.13. The van der Waals surface area contributed by atoms with Crippen LogP contribution in [0.1, 0.15) is 32.3 Å². The molecule has 2 atom stereocenters. The molecule has 1 fully saturated rings. The number of benzene rings is 1. The van der Waals surface area contributed by atoms with Gasteiger partial charge in [0, 0.05) is 12.6 Å². The van der Waals surface area contributed by atoms with Crippen LogP contribution < -0.4 is 5.32 Å². The van der Waals surface area contributed by atoms with Crippen molar-refractivity contribution in [2.24, 2.45) is 5.92 Å². The van der Waals surface area contributed by atoms with Crippen LogP contribution in [0.25, 0.3) is 0 Å². The van der Waals surface area contributed by atoms with Gasteiger partial charge in [0.1, 0.15) is 6.07 Å². The zero-order valence-electron chi connectivity index (χ0n) is 12.1. The van der Waals surface area contributed by atoms with Crippen molar-refractivity contribution in [1.29, 1.82) is 5.26 Å². The molecule has 0 saturated carbocycles. The predicted octanol–water partition coefficient (Wildman–Crippen LogP) is 2.62. The summed E-state index contributed by atoms with van der Waals surface area (Å²) in [7, 11) is 0. The minimum Gasteiger partial charge on any atom is -0.324 e. The predicted molar refractivity (Wildman–Crippen MR) is 79.2 cm³/mol. The Morgan fingerprint density at radius 3 is 2.90 bits per heavy atom. The first kappa shape index (κ1) is 14.5. The Balaban J connectivity index is 1.97. The zero-order chi connectivity index (χ0) is 14.5. The van der Waals surface area contributed by atoms with Gasteiger partial charge in [0.05, 0.1) is 17.8 Å². The number of carbonyl (C=O) groups excluding carboxylic acids is 1. The molecule has 2 rings (SSSR count). The quantitative estimate of drug-likeness (QED) is 0.919. The lowest BCUT2D eigenvalue weighted by atomic mass is 9.95. The van der Waals surface area contributed by atoms with E-state index in [-0.39, 0.29) is 5.91 Å². The fourth-order valence-electron chi connectivity index (χ4n) is 2.66. The van der Waals surface area contributed by atoms with Gasteiger partial charge in [-0.1, -0.05) is 19.1 Å². The Morgan fingerprint density at radius 1 is 1.40 bits per heavy atom. The fraction of sp³-hybridized carbons (Fsp3) is 0.500. The number of nitriles is 1. The van der Waals surface area contributed by atoms with E-state index >= 15 is 0 Å². The summed E-state index contributed by atoms with van der Waals surface area (Å²) in [4.78, 5) is 14.4. The lowest BCUT2D eigenvalue weighted by Gasteiger charge is -2.36. The maximum Gasteiger partial charge on any atom is 0.238 e. The molecule has 1 aliphatic heterocycles. The Bertz CT molecular complexity index is 521. The summed E-state index contributed by atoms with van der Waals surface area (Å²) in [6.45, 7) is 5.75. The molecule has 4 heteroatoms. The number of anilines is 1. The average molecular weight is 271 g/mol. The van der Waals surface area contributed by atoms with Gasteiger partial charge in [-0.3, -0.25) is 9.69 Å². The summed E-state index contributed by atoms with van der Waals surface area (Å²) in [6, 6.07) is 9.63. The zero-order valence-corrected chi connectivity index (χ0v) is 12.1. The fourth-order valence-corrected chi connectivity index (χ4v) is 2.66. The van der Waals surface area contributed by atoms with E-state index < -0.39 is 0 Å². The maximum atomic E-state index is 12.1. The molecular formula is C16H21N3O. The summed E-state index contributed by atoms with van der Waals surface area (Å²) in [5, 5.41) is 11.9. The van der Waals surface area contributed by atoms with Crippen LogP contribution in [0.4, 0.5) is 5.69 Å². The van der Waals surface area contributed by atoms with Crippen molar-refractivity contribution in [3.63, 3.8) is 0 Å². The second kappa shape index (κ2) is 6.53. The van der Waals surface area contributed by atoms with Crippen molar-refractivity contribution < 1.29 is 4.79 Å². The highest BCUT2D eigenvalue weighted by Crippen LogP contribution is 2.21. The number of nitrogens with one attached hydrogen (secondary N) is 1. The summed E-state index contributed by atoms with van der Waals surface area (Å²) < 4.78 is 0. The van der Waals surface area contributed by atoms with Crippen LogP contribution in [0.3, 0.4) is 0 Å². The highest BCUT2D eigenvalue weighted by Gasteiger charge is 2.24. The van der Waals surface area contributed by atoms with Gasteiger partial charge in [-0.2, -0.15) is 5.26 Å². The van der Waals surface area contributed by atoms with E-state index in [1.165, 1.54) is 6.42 Å². The number of nitrogens with zero attached hydrogens (tertiary/aromatic N) is 2. The number of carbonyl (C=O) groups is 1. The van der Waals surface area contributed by atoms with E-state index in [4.69, 9.17) is 5.26 Å². The molecule has 1 saturated heterocycles. The molecule has 20 heavy (non-hydrogen) atoms. The van der Waals surface area contributed by atoms with Gasteiger partial charge in [0.15, 0.2) is 0 Å². The minimum atomic E-state index is -0.0475. The molecule has 0 radical (unpaired) electrons. The van der Waals surface area contributed by atoms with E-state index in [9.17, 15) is 4.79 Å². The molecule has 2 unspecified atom stereocenters. The van der Waals surface area contributed by atoms with Gasteiger partial charge < -0.3 is 5.32 Å². The van der Waals surface area contributed by atoms with Gasteiger partial charge in [-0.25, -0.2) is 0 Å². The van der Waals surface area contributed by atoms with Crippen LogP contribution in [-0.4, -0.2) is 29.9 Å². The van der Waals surface area contributed by atoms with E-state index in [2.05, 4.69) is 30.1 Å². The Hall–Kier alpha value is -1.86. The Kier molecular flexibility index (Phi) is 4.75. The molecule has 1 amide bonds. The van der Waals surface area contributed by atoms with Crippen LogP contribution in [0.2, 0.25) is 0 Å². The largest absolute Gasteiger partial charge is 0.324 e. The average Bonchev–Trinajstić information content (AvgIpc) is 2.43. The SMILES string of the molecule is CC1CCC(C)N(CC(=O)Nc2ccccc2C#N)C1. The van der Waals surface area contributed by atoms with Gasteiger partial charge in [-0.15, -0.1) is 0 Å². The standard InChI is InChI=1S/C16H21N3O/c1-12-7-8-13(2)19(10-12)11-16(20)18-15-6-4-3-5-14(15)9-17/h3-6,12-13H,7-8,10-11H2,1-2H3,(H,18,20). The molecule has 0 spiro atoms. The first-order chi connectivity index (χ1) is 9.60. The van der Waals surface area contributed by atoms with Gasteiger partial charge in [0.25, 0.3) is 0 Å². The number of likely N-dealkylation sites (tertiary alicyclic amines) is 1. The van der Waals surface area contributed by atoms with Crippen LogP contribution in [0.5, 0.6) is 0 Å². The van der Waals surface area contributed by atoms with Gasteiger partial charge in [0.2, 0.25) is 5.91 Å². The van der Waals surface area contributed by atoms with Crippen molar-refractivity contribution >= 4 is 11.6 Å². The third-order valence-corrected chi connectivity index (χ3v) is 3.92. The molecular weight excluding hydrogens is 250 g/mol. The molecule has 0 aromatic heterocycles. The number of para-hydroxylation sites is 1. The number of piperidine rings is 1. The summed E-state index contributed by atoms with van der Waals surface area (Å²) in [6.07, 6.45) is 2.37. The van der Waals surface area contributed by atoms with E-state index in [1.54, 1.807) is 18.2 Å². The van der Waals surface area contributed by atoms with Gasteiger partial charge in [-0.05, 0) is 37.8 Å². The molecule has 1 aliphatic rings. The summed E-state index contributed by atoms with van der Waals surface area (Å²) in [5.41, 5.74) is 1.10. The molecule has 1 aromatic rings. The molecule has 0 aliphatic carbocycles. The molecule has 106 valence electrons. The monoisotopic (exact) mass is 271 g/mol. The maximum absolute atomic E-state index is 12.1. The normalized spacial score (nSPS) is 23.1. The van der Waals surface area contributed by atoms with Crippen molar-refractivity contribution in [1.82, 2.24) is 4.90 Å². The third kappa shape index (κ3) is 3.58. The van der Waals surface area contributed by atoms with Gasteiger partial charge >= 0.3 is 0 Å². The number of rotatable bonds is 3. The molecule has 1 heterocycles. The Morgan fingerprint density at radius 2 is 2.15 bits per heavy atom. The minimum absolute atomic E-state index is 0.0475. The van der Waals surface area contributed by atoms with Crippen LogP contribution >= 0.6 is 0 Å². The second-order valence-electron chi connectivity index (χ2n) is 5.67. The molecule has 1 aromatic carbocycles. The molecule has 0 bridgehead atoms. The van der Waals surface area contributed by atoms with E-state index in [0.717, 1.165) is 13.0 Å². The number of hydrogen-bond acceptors (Lipinski definition) is 3. The highest BCUT2D eigenvalue weighted by atomic mass is 16.2. The number of amides is 1. The highest BCUT2D eigenvalue weighted by molar-refractivity contribution is 5.93. The van der Waals surface area contributed by atoms with Crippen molar-refractivity contribution in [3.8, 4) is 6.07 Å². The van der Waals surface area contributed by atoms with Crippen LogP contribution in [0, 0.1) is 17.2 Å². The second-order valence-corrected chi connectivity index (χ2v) is 5.67. The van der Waals surface area contributed by atoms with Crippen molar-refractivity contribution in [2.45, 2.75) is 32.7 Å². The van der Waals surface area contributed by atoms with Crippen molar-refractivity contribution in [2.75, 3.05) is 18.4 Å². The number of hydrogen-bond donors (Lipinski definition) is 1. The topological polar surface area (TPSA) is 56.1 Å². The lowest BCUT2D eigenvalue weighted by molar-refractivity contribution is -0.118. The van der Waals surface area contributed by atoms with Crippen LogP contribution in [0.15, 0.2) is 24.3 Å². The third-order valence-electron chi connectivity index (χ3n) is 3.92. The summed E-state index contributed by atoms with van der Waals surface area (Å²) in [5.74, 6) is 0.596. The van der Waals surface area contributed by atoms with Crippen LogP contribution in [-0.2, 0) is 4.79 Å². The van der Waals surface area contributed by atoms with E-state index in [1.807, 2.05) is 6.07 Å². The van der Waals surface area contributed by atoms with E-state index in [0.29, 0.717) is 29.8 Å². The first-order valence-electron chi connectivity index (χ1n) is 7.13. The summed E-state index contributed by atoms with van der Waals surface area (Å²) >= 11 is 0. The Labute approximate surface area is 120 Å². The molecule has 1 N–H and O–H groups in total. The van der Waals surface area contributed by atoms with Crippen molar-refractivity contribution in [3.05, 3.63) is 29.8 Å². The smallest absolute Gasteiger partial charge is 0.238 e. The lowest BCUT2D eigenvalue weighted by Crippen LogP contribution is -2.45. The molecule has 4 nitrogen and oxygen atoms in total.